The third-order valence-electron chi connectivity index (χ3n) is 2.04. The number of nitrogens with zero attached hydrogens (tertiary/aromatic N) is 1. The van der Waals surface area contributed by atoms with E-state index in [9.17, 15) is 14.5 Å². The first kappa shape index (κ1) is 8.68. The molecule has 0 radical (unpaired) electrons. The predicted molar refractivity (Wildman–Crippen MR) is 49.0 cm³/mol. The third kappa shape index (κ3) is 1.32. The number of fused-ring (bicyclic) bond motifs is 1. The van der Waals surface area contributed by atoms with Crippen LogP contribution in [0.2, 0.25) is 0 Å². The number of aromatic amines is 1. The van der Waals surface area contributed by atoms with E-state index in [2.05, 4.69) is 4.98 Å². The lowest BCUT2D eigenvalue weighted by Crippen LogP contribution is -1.97. The molecule has 1 heterocycles. The lowest BCUT2D eigenvalue weighted by atomic mass is 10.1. The number of halogens is 1. The van der Waals surface area contributed by atoms with Crippen molar-refractivity contribution in [2.24, 2.45) is 0 Å². The molecule has 0 amide bonds. The van der Waals surface area contributed by atoms with Gasteiger partial charge in [-0.3, -0.25) is 10.1 Å². The van der Waals surface area contributed by atoms with Crippen LogP contribution >= 0.6 is 0 Å². The van der Waals surface area contributed by atoms with Crippen LogP contribution < -0.4 is 0 Å². The molecule has 72 valence electrons. The zero-order valence-electron chi connectivity index (χ0n) is 7.16. The van der Waals surface area contributed by atoms with Gasteiger partial charge in [-0.2, -0.15) is 0 Å². The lowest BCUT2D eigenvalue weighted by Gasteiger charge is -1.94. The molecule has 4 nitrogen and oxygen atoms in total. The fourth-order valence-corrected chi connectivity index (χ4v) is 1.47. The molecular weight excluding hydrogens is 187 g/mol. The van der Waals surface area contributed by atoms with Crippen LogP contribution in [0, 0.1) is 15.9 Å². The van der Waals surface area contributed by atoms with Gasteiger partial charge >= 0.3 is 0 Å². The summed E-state index contributed by atoms with van der Waals surface area (Å²) in [6.07, 6.45) is 1.47. The van der Waals surface area contributed by atoms with Gasteiger partial charge in [-0.15, -0.1) is 0 Å². The zero-order chi connectivity index (χ0) is 10.1. The number of nitro groups is 1. The number of nitrogens with one attached hydrogen (secondary N) is 1. The fraction of sp³-hybridized carbons (Fsp3) is 0.111. The van der Waals surface area contributed by atoms with Crippen molar-refractivity contribution in [3.05, 3.63) is 45.9 Å². The van der Waals surface area contributed by atoms with Crippen molar-refractivity contribution in [1.29, 1.82) is 0 Å². The maximum absolute atomic E-state index is 13.3. The number of benzene rings is 1. The Morgan fingerprint density at radius 1 is 1.50 bits per heavy atom. The molecule has 0 spiro atoms. The largest absolute Gasteiger partial charge is 0.361 e. The SMILES string of the molecule is O=[N+]([O-])Cc1c[nH]c2cccc(F)c12. The van der Waals surface area contributed by atoms with Gasteiger partial charge in [0.15, 0.2) is 0 Å². The van der Waals surface area contributed by atoms with Crippen LogP contribution in [-0.4, -0.2) is 9.91 Å². The van der Waals surface area contributed by atoms with Crippen molar-refractivity contribution in [2.75, 3.05) is 0 Å². The average Bonchev–Trinajstić information content (AvgIpc) is 2.49. The molecule has 0 fully saturated rings. The quantitative estimate of drug-likeness (QED) is 0.587. The molecule has 1 N–H and O–H groups in total. The standard InChI is InChI=1S/C9H7FN2O2/c10-7-2-1-3-8-9(7)6(4-11-8)5-12(13)14/h1-4,11H,5H2. The van der Waals surface area contributed by atoms with E-state index < -0.39 is 10.7 Å². The Morgan fingerprint density at radius 2 is 2.29 bits per heavy atom. The molecule has 1 aromatic heterocycles. The molecule has 2 rings (SSSR count). The van der Waals surface area contributed by atoms with Gasteiger partial charge in [0.2, 0.25) is 6.54 Å². The summed E-state index contributed by atoms with van der Waals surface area (Å²) in [5.41, 5.74) is 0.963. The molecule has 0 aliphatic rings. The summed E-state index contributed by atoms with van der Waals surface area (Å²) >= 11 is 0. The minimum atomic E-state index is -0.477. The van der Waals surface area contributed by atoms with Crippen LogP contribution in [0.3, 0.4) is 0 Å². The summed E-state index contributed by atoms with van der Waals surface area (Å²) in [6.45, 7) is -0.360. The highest BCUT2D eigenvalue weighted by atomic mass is 19.1. The number of hydrogen-bond acceptors (Lipinski definition) is 2. The summed E-state index contributed by atoms with van der Waals surface area (Å²) in [5.74, 6) is -0.430. The van der Waals surface area contributed by atoms with Gasteiger partial charge in [0.05, 0.1) is 5.56 Å². The maximum atomic E-state index is 13.3. The van der Waals surface area contributed by atoms with Crippen molar-refractivity contribution in [1.82, 2.24) is 4.98 Å². The van der Waals surface area contributed by atoms with E-state index in [-0.39, 0.29) is 6.54 Å². The highest BCUT2D eigenvalue weighted by Gasteiger charge is 2.12. The first-order chi connectivity index (χ1) is 6.68. The average molecular weight is 194 g/mol. The third-order valence-corrected chi connectivity index (χ3v) is 2.04. The molecule has 14 heavy (non-hydrogen) atoms. The number of hydrogen-bond donors (Lipinski definition) is 1. The van der Waals surface area contributed by atoms with Gasteiger partial charge in [0.1, 0.15) is 5.82 Å². The van der Waals surface area contributed by atoms with E-state index >= 15 is 0 Å². The number of H-pyrrole nitrogens is 1. The van der Waals surface area contributed by atoms with Gasteiger partial charge in [-0.05, 0) is 12.1 Å². The molecule has 0 saturated heterocycles. The highest BCUT2D eigenvalue weighted by molar-refractivity contribution is 5.83. The molecule has 1 aromatic carbocycles. The lowest BCUT2D eigenvalue weighted by molar-refractivity contribution is -0.496. The zero-order valence-corrected chi connectivity index (χ0v) is 7.16. The van der Waals surface area contributed by atoms with Crippen molar-refractivity contribution in [3.63, 3.8) is 0 Å². The summed E-state index contributed by atoms with van der Waals surface area (Å²) in [4.78, 5) is 12.6. The topological polar surface area (TPSA) is 58.9 Å². The van der Waals surface area contributed by atoms with Crippen LogP contribution in [0.15, 0.2) is 24.4 Å². The molecular formula is C9H7FN2O2. The van der Waals surface area contributed by atoms with Crippen LogP contribution in [0.5, 0.6) is 0 Å². The Labute approximate surface area is 78.5 Å². The smallest absolute Gasteiger partial charge is 0.231 e. The molecule has 0 saturated carbocycles. The van der Waals surface area contributed by atoms with Crippen molar-refractivity contribution < 1.29 is 9.31 Å². The van der Waals surface area contributed by atoms with Crippen LogP contribution in [0.25, 0.3) is 10.9 Å². The molecule has 5 heteroatoms. The van der Waals surface area contributed by atoms with Crippen molar-refractivity contribution in [3.8, 4) is 0 Å². The van der Waals surface area contributed by atoms with Crippen molar-refractivity contribution in [2.45, 2.75) is 6.54 Å². The first-order valence-electron chi connectivity index (χ1n) is 4.05. The number of aromatic nitrogens is 1. The van der Waals surface area contributed by atoms with Crippen LogP contribution in [0.1, 0.15) is 5.56 Å². The van der Waals surface area contributed by atoms with Crippen LogP contribution in [-0.2, 0) is 6.54 Å². The minimum Gasteiger partial charge on any atom is -0.361 e. The van der Waals surface area contributed by atoms with E-state index in [1.165, 1.54) is 12.3 Å². The molecule has 2 aromatic rings. The Hall–Kier alpha value is -1.91. The first-order valence-corrected chi connectivity index (χ1v) is 4.05. The monoisotopic (exact) mass is 194 g/mol. The van der Waals surface area contributed by atoms with Gasteiger partial charge in [-0.1, -0.05) is 6.07 Å². The molecule has 0 atom stereocenters. The molecule has 0 bridgehead atoms. The van der Waals surface area contributed by atoms with E-state index in [4.69, 9.17) is 0 Å². The van der Waals surface area contributed by atoms with Gasteiger partial charge in [-0.25, -0.2) is 4.39 Å². The predicted octanol–water partition coefficient (Wildman–Crippen LogP) is 2.08. The summed E-state index contributed by atoms with van der Waals surface area (Å²) in [7, 11) is 0. The summed E-state index contributed by atoms with van der Waals surface area (Å²) in [5, 5.41) is 10.6. The Kier molecular flexibility index (Phi) is 1.92. The maximum Gasteiger partial charge on any atom is 0.231 e. The summed E-state index contributed by atoms with van der Waals surface area (Å²) < 4.78 is 13.3. The second-order valence-corrected chi connectivity index (χ2v) is 2.97. The Bertz CT molecular complexity index is 493. The number of rotatable bonds is 2. The van der Waals surface area contributed by atoms with E-state index in [1.54, 1.807) is 12.1 Å². The minimum absolute atomic E-state index is 0.309. The van der Waals surface area contributed by atoms with Gasteiger partial charge in [0, 0.05) is 22.0 Å². The van der Waals surface area contributed by atoms with Gasteiger partial charge in [0.25, 0.3) is 0 Å². The van der Waals surface area contributed by atoms with Crippen LogP contribution in [0.4, 0.5) is 4.39 Å². The van der Waals surface area contributed by atoms with E-state index in [1.807, 2.05) is 0 Å². The highest BCUT2D eigenvalue weighted by Crippen LogP contribution is 2.21. The van der Waals surface area contributed by atoms with E-state index in [0.29, 0.717) is 16.5 Å². The fourth-order valence-electron chi connectivity index (χ4n) is 1.47. The molecule has 0 aliphatic heterocycles. The van der Waals surface area contributed by atoms with Gasteiger partial charge < -0.3 is 4.98 Å². The second kappa shape index (κ2) is 3.10. The molecule has 0 aliphatic carbocycles. The van der Waals surface area contributed by atoms with E-state index in [0.717, 1.165) is 0 Å². The van der Waals surface area contributed by atoms with Crippen molar-refractivity contribution >= 4 is 10.9 Å². The Morgan fingerprint density at radius 3 is 3.00 bits per heavy atom. The molecule has 0 unspecified atom stereocenters. The Balaban J connectivity index is 2.61. The second-order valence-electron chi connectivity index (χ2n) is 2.97. The summed E-state index contributed by atoms with van der Waals surface area (Å²) in [6, 6.07) is 4.53. The normalized spacial score (nSPS) is 10.6.